The summed E-state index contributed by atoms with van der Waals surface area (Å²) in [6, 6.07) is 6.71. The smallest absolute Gasteiger partial charge is 0.321 e. The highest BCUT2D eigenvalue weighted by Gasteiger charge is 2.49. The number of nitrogens with zero attached hydrogens (tertiary/aromatic N) is 1. The van der Waals surface area contributed by atoms with Crippen LogP contribution < -0.4 is 10.1 Å². The lowest BCUT2D eigenvalue weighted by Gasteiger charge is -2.43. The van der Waals surface area contributed by atoms with Crippen molar-refractivity contribution in [3.05, 3.63) is 24.3 Å². The highest BCUT2D eigenvalue weighted by molar-refractivity contribution is 5.91. The number of aliphatic hydroxyl groups is 1. The molecule has 0 spiro atoms. The van der Waals surface area contributed by atoms with Crippen molar-refractivity contribution >= 4 is 17.7 Å². The zero-order valence-corrected chi connectivity index (χ0v) is 14.7. The normalized spacial score (nSPS) is 23.2. The number of ether oxygens (including phenoxy) is 1. The molecule has 1 saturated heterocycles. The number of nitrogens with one attached hydrogen (secondary N) is 1. The molecule has 7 heteroatoms. The Morgan fingerprint density at radius 2 is 2.08 bits per heavy atom. The number of carbonyl (C=O) groups excluding carboxylic acids is 1. The van der Waals surface area contributed by atoms with Gasteiger partial charge in [0.25, 0.3) is 0 Å². The molecule has 0 aromatic heterocycles. The number of aliphatic carboxylic acids is 1. The molecule has 1 aliphatic heterocycles. The summed E-state index contributed by atoms with van der Waals surface area (Å²) < 4.78 is 5.49. The van der Waals surface area contributed by atoms with Crippen LogP contribution in [0.15, 0.2) is 24.3 Å². The summed E-state index contributed by atoms with van der Waals surface area (Å²) in [4.78, 5) is 25.9. The third kappa shape index (κ3) is 4.04. The van der Waals surface area contributed by atoms with E-state index >= 15 is 0 Å². The number of hydrogen-bond donors (Lipinski definition) is 3. The molecule has 7 nitrogen and oxygen atoms in total. The maximum Gasteiger partial charge on any atom is 0.321 e. The van der Waals surface area contributed by atoms with Gasteiger partial charge in [-0.2, -0.15) is 0 Å². The number of piperidine rings is 1. The Morgan fingerprint density at radius 3 is 2.72 bits per heavy atom. The van der Waals surface area contributed by atoms with Crippen LogP contribution in [0.1, 0.15) is 33.1 Å². The summed E-state index contributed by atoms with van der Waals surface area (Å²) in [5.74, 6) is -0.498. The monoisotopic (exact) mass is 350 g/mol. The lowest BCUT2D eigenvalue weighted by atomic mass is 9.74. The van der Waals surface area contributed by atoms with Crippen molar-refractivity contribution in [2.24, 2.45) is 5.41 Å². The van der Waals surface area contributed by atoms with Crippen LogP contribution in [0.25, 0.3) is 0 Å². The van der Waals surface area contributed by atoms with Gasteiger partial charge < -0.3 is 25.2 Å². The van der Waals surface area contributed by atoms with Crippen molar-refractivity contribution < 1.29 is 24.5 Å². The van der Waals surface area contributed by atoms with Crippen molar-refractivity contribution in [2.75, 3.05) is 25.0 Å². The Bertz CT molecular complexity index is 621. The van der Waals surface area contributed by atoms with E-state index in [-0.39, 0.29) is 19.0 Å². The highest BCUT2D eigenvalue weighted by Crippen LogP contribution is 2.36. The molecule has 2 rings (SSSR count). The van der Waals surface area contributed by atoms with Crippen LogP contribution in [-0.4, -0.2) is 52.9 Å². The zero-order chi connectivity index (χ0) is 18.4. The molecular formula is C18H26N2O5. The van der Waals surface area contributed by atoms with E-state index in [2.05, 4.69) is 5.32 Å². The molecule has 0 radical (unpaired) electrons. The molecule has 3 N–H and O–H groups in total. The number of likely N-dealkylation sites (tertiary alicyclic amines) is 1. The van der Waals surface area contributed by atoms with Gasteiger partial charge in [0, 0.05) is 13.1 Å². The number of anilines is 1. The quantitative estimate of drug-likeness (QED) is 0.732. The third-order valence-corrected chi connectivity index (χ3v) is 4.62. The Labute approximate surface area is 147 Å². The molecule has 0 aliphatic carbocycles. The van der Waals surface area contributed by atoms with Crippen LogP contribution in [0.2, 0.25) is 0 Å². The Balaban J connectivity index is 2.16. The van der Waals surface area contributed by atoms with Gasteiger partial charge in [-0.05, 0) is 31.9 Å². The molecule has 2 amide bonds. The molecule has 1 heterocycles. The van der Waals surface area contributed by atoms with Crippen molar-refractivity contribution in [3.63, 3.8) is 0 Å². The Morgan fingerprint density at radius 1 is 1.36 bits per heavy atom. The lowest BCUT2D eigenvalue weighted by molar-refractivity contribution is -0.162. The minimum Gasteiger partial charge on any atom is -0.492 e. The van der Waals surface area contributed by atoms with Crippen molar-refractivity contribution in [2.45, 2.75) is 39.2 Å². The zero-order valence-electron chi connectivity index (χ0n) is 14.7. The fourth-order valence-corrected chi connectivity index (χ4v) is 3.31. The number of aliphatic hydroxyl groups excluding tert-OH is 1. The van der Waals surface area contributed by atoms with E-state index in [0.717, 1.165) is 0 Å². The van der Waals surface area contributed by atoms with E-state index in [1.807, 2.05) is 19.9 Å². The van der Waals surface area contributed by atoms with Crippen LogP contribution in [0.5, 0.6) is 5.75 Å². The third-order valence-electron chi connectivity index (χ3n) is 4.62. The molecule has 0 saturated carbocycles. The second kappa shape index (κ2) is 8.20. The standard InChI is InChI=1S/C18H26N2O5/c1-3-10-18(16(22)23)12-20(11-9-15(18)21)17(24)19-13-7-5-6-8-14(13)25-4-2/h5-8,15,21H,3-4,9-12H2,1-2H3,(H,19,24)(H,22,23)/t15-,18+/m0/s1. The number of benzene rings is 1. The molecule has 1 aromatic rings. The molecule has 2 atom stereocenters. The molecule has 0 bridgehead atoms. The Kier molecular flexibility index (Phi) is 6.25. The maximum absolute atomic E-state index is 12.6. The van der Waals surface area contributed by atoms with E-state index in [4.69, 9.17) is 4.74 Å². The van der Waals surface area contributed by atoms with Gasteiger partial charge in [0.1, 0.15) is 11.2 Å². The summed E-state index contributed by atoms with van der Waals surface area (Å²) in [6.07, 6.45) is 0.228. The van der Waals surface area contributed by atoms with Gasteiger partial charge in [-0.1, -0.05) is 25.5 Å². The average Bonchev–Trinajstić information content (AvgIpc) is 2.58. The van der Waals surface area contributed by atoms with E-state index in [0.29, 0.717) is 37.4 Å². The van der Waals surface area contributed by atoms with Gasteiger partial charge in [-0.15, -0.1) is 0 Å². The first-order chi connectivity index (χ1) is 11.9. The van der Waals surface area contributed by atoms with E-state index in [1.165, 1.54) is 4.90 Å². The largest absolute Gasteiger partial charge is 0.492 e. The van der Waals surface area contributed by atoms with E-state index < -0.39 is 17.5 Å². The van der Waals surface area contributed by atoms with E-state index in [9.17, 15) is 19.8 Å². The predicted octanol–water partition coefficient (Wildman–Crippen LogP) is 2.55. The van der Waals surface area contributed by atoms with Crippen LogP contribution in [0.3, 0.4) is 0 Å². The lowest BCUT2D eigenvalue weighted by Crippen LogP contribution is -2.57. The van der Waals surface area contributed by atoms with Gasteiger partial charge >= 0.3 is 12.0 Å². The average molecular weight is 350 g/mol. The maximum atomic E-state index is 12.6. The number of carbonyl (C=O) groups is 2. The first kappa shape index (κ1) is 19.1. The molecule has 1 aromatic carbocycles. The van der Waals surface area contributed by atoms with Crippen LogP contribution in [0, 0.1) is 5.41 Å². The number of hydrogen-bond acceptors (Lipinski definition) is 4. The number of amides is 2. The molecule has 138 valence electrons. The number of para-hydroxylation sites is 2. The van der Waals surface area contributed by atoms with Crippen molar-refractivity contribution in [3.8, 4) is 5.75 Å². The number of carboxylic acid groups (broad SMARTS) is 1. The van der Waals surface area contributed by atoms with Gasteiger partial charge in [-0.3, -0.25) is 4.79 Å². The number of carboxylic acids is 1. The summed E-state index contributed by atoms with van der Waals surface area (Å²) in [5, 5.41) is 22.7. The molecule has 0 unspecified atom stereocenters. The fraction of sp³-hybridized carbons (Fsp3) is 0.556. The SMILES string of the molecule is CCC[C@@]1(C(=O)O)CN(C(=O)Nc2ccccc2OCC)CC[C@@H]1O. The first-order valence-electron chi connectivity index (χ1n) is 8.63. The fourth-order valence-electron chi connectivity index (χ4n) is 3.31. The summed E-state index contributed by atoms with van der Waals surface area (Å²) in [6.45, 7) is 4.50. The van der Waals surface area contributed by atoms with Gasteiger partial charge in [0.15, 0.2) is 0 Å². The topological polar surface area (TPSA) is 99.1 Å². The second-order valence-corrected chi connectivity index (χ2v) is 6.30. The van der Waals surface area contributed by atoms with Crippen molar-refractivity contribution in [1.29, 1.82) is 0 Å². The van der Waals surface area contributed by atoms with Crippen LogP contribution in [-0.2, 0) is 4.79 Å². The molecule has 1 fully saturated rings. The number of urea groups is 1. The second-order valence-electron chi connectivity index (χ2n) is 6.30. The highest BCUT2D eigenvalue weighted by atomic mass is 16.5. The minimum absolute atomic E-state index is 0.0139. The van der Waals surface area contributed by atoms with Crippen molar-refractivity contribution in [1.82, 2.24) is 4.90 Å². The molecular weight excluding hydrogens is 324 g/mol. The van der Waals surface area contributed by atoms with Crippen LogP contribution in [0.4, 0.5) is 10.5 Å². The molecule has 1 aliphatic rings. The van der Waals surface area contributed by atoms with Gasteiger partial charge in [0.2, 0.25) is 0 Å². The van der Waals surface area contributed by atoms with E-state index in [1.54, 1.807) is 18.2 Å². The van der Waals surface area contributed by atoms with Gasteiger partial charge in [-0.25, -0.2) is 4.79 Å². The predicted molar refractivity (Wildman–Crippen MR) is 93.8 cm³/mol. The number of rotatable bonds is 6. The summed E-state index contributed by atoms with van der Waals surface area (Å²) >= 11 is 0. The first-order valence-corrected chi connectivity index (χ1v) is 8.63. The van der Waals surface area contributed by atoms with Crippen LogP contribution >= 0.6 is 0 Å². The summed E-state index contributed by atoms with van der Waals surface area (Å²) in [7, 11) is 0. The Hall–Kier alpha value is -2.28. The molecule has 25 heavy (non-hydrogen) atoms. The van der Waals surface area contributed by atoms with Gasteiger partial charge in [0.05, 0.1) is 18.4 Å². The minimum atomic E-state index is -1.32. The summed E-state index contributed by atoms with van der Waals surface area (Å²) in [5.41, 5.74) is -0.777.